The molecule has 176 valence electrons. The van der Waals surface area contributed by atoms with Crippen LogP contribution in [0.2, 0.25) is 10.0 Å². The first kappa shape index (κ1) is 23.3. The highest BCUT2D eigenvalue weighted by Crippen LogP contribution is 2.42. The van der Waals surface area contributed by atoms with Crippen LogP contribution in [0.15, 0.2) is 36.4 Å². The van der Waals surface area contributed by atoms with Gasteiger partial charge < -0.3 is 14.6 Å². The van der Waals surface area contributed by atoms with E-state index in [2.05, 4.69) is 9.97 Å². The lowest BCUT2D eigenvalue weighted by molar-refractivity contribution is 0.0586. The van der Waals surface area contributed by atoms with Crippen molar-refractivity contribution in [3.05, 3.63) is 68.5 Å². The van der Waals surface area contributed by atoms with E-state index in [-0.39, 0.29) is 12.0 Å². The number of H-pyrrole nitrogens is 1. The van der Waals surface area contributed by atoms with Crippen LogP contribution < -0.4 is 0 Å². The normalized spacial score (nSPS) is 20.4. The van der Waals surface area contributed by atoms with Gasteiger partial charge in [0, 0.05) is 30.1 Å². The van der Waals surface area contributed by atoms with Crippen molar-refractivity contribution < 1.29 is 9.53 Å². The van der Waals surface area contributed by atoms with Crippen LogP contribution in [-0.4, -0.2) is 45.5 Å². The van der Waals surface area contributed by atoms with E-state index >= 15 is 0 Å². The molecule has 0 unspecified atom stereocenters. The summed E-state index contributed by atoms with van der Waals surface area (Å²) in [6.07, 6.45) is 0.485. The van der Waals surface area contributed by atoms with Gasteiger partial charge in [0.25, 0.3) is 5.91 Å². The van der Waals surface area contributed by atoms with Gasteiger partial charge in [-0.25, -0.2) is 9.97 Å². The highest BCUT2D eigenvalue weighted by atomic mass is 35.5. The van der Waals surface area contributed by atoms with Gasteiger partial charge in [0.15, 0.2) is 0 Å². The third-order valence-electron chi connectivity index (χ3n) is 6.56. The summed E-state index contributed by atoms with van der Waals surface area (Å²) in [4.78, 5) is 29.6. The van der Waals surface area contributed by atoms with Crippen LogP contribution in [0.4, 0.5) is 0 Å². The number of carbonyl (C=O) groups excluding carboxylic acids is 1. The number of aromatic amines is 1. The van der Waals surface area contributed by atoms with Gasteiger partial charge in [0.2, 0.25) is 0 Å². The number of thiazole rings is 1. The molecule has 1 aliphatic heterocycles. The maximum absolute atomic E-state index is 14.0. The SMILES string of the molecule is CO[C@H]1CN(C(=O)c2nc(C)sc2-c2cccc(Cl)c2)[C@](C)(c2nc3c(C)c(Cl)ccc3[nH]2)C1. The quantitative estimate of drug-likeness (QED) is 0.342. The number of ether oxygens (including phenoxy) is 1. The number of aryl methyl sites for hydroxylation is 2. The third-order valence-corrected chi connectivity index (χ3v) is 8.23. The van der Waals surface area contributed by atoms with Crippen LogP contribution in [0.5, 0.6) is 0 Å². The van der Waals surface area contributed by atoms with E-state index < -0.39 is 5.54 Å². The van der Waals surface area contributed by atoms with Crippen LogP contribution in [0.1, 0.15) is 40.2 Å². The number of nitrogens with zero attached hydrogens (tertiary/aromatic N) is 3. The zero-order valence-electron chi connectivity index (χ0n) is 19.3. The van der Waals surface area contributed by atoms with Crippen molar-refractivity contribution in [2.75, 3.05) is 13.7 Å². The van der Waals surface area contributed by atoms with Gasteiger partial charge in [-0.3, -0.25) is 4.79 Å². The third kappa shape index (κ3) is 3.81. The number of amides is 1. The predicted octanol–water partition coefficient (Wildman–Crippen LogP) is 6.39. The maximum atomic E-state index is 14.0. The van der Waals surface area contributed by atoms with Gasteiger partial charge in [-0.05, 0) is 56.2 Å². The van der Waals surface area contributed by atoms with E-state index in [1.807, 2.05) is 62.1 Å². The van der Waals surface area contributed by atoms with Crippen molar-refractivity contribution in [1.29, 1.82) is 0 Å². The number of hydrogen-bond acceptors (Lipinski definition) is 5. The Balaban J connectivity index is 1.60. The molecule has 34 heavy (non-hydrogen) atoms. The molecule has 9 heteroatoms. The topological polar surface area (TPSA) is 71.1 Å². The van der Waals surface area contributed by atoms with Crippen LogP contribution in [0, 0.1) is 13.8 Å². The number of likely N-dealkylation sites (tertiary alicyclic amines) is 1. The number of aromatic nitrogens is 3. The first-order valence-electron chi connectivity index (χ1n) is 10.9. The van der Waals surface area contributed by atoms with E-state index in [0.717, 1.165) is 32.0 Å². The number of hydrogen-bond donors (Lipinski definition) is 1. The van der Waals surface area contributed by atoms with Crippen LogP contribution in [0.25, 0.3) is 21.5 Å². The number of rotatable bonds is 4. The Morgan fingerprint density at radius 2 is 2.03 bits per heavy atom. The minimum Gasteiger partial charge on any atom is -0.380 e. The Bertz CT molecular complexity index is 1420. The fourth-order valence-electron chi connectivity index (χ4n) is 4.68. The average molecular weight is 515 g/mol. The molecule has 1 amide bonds. The van der Waals surface area contributed by atoms with Gasteiger partial charge >= 0.3 is 0 Å². The van der Waals surface area contributed by atoms with Crippen molar-refractivity contribution in [3.63, 3.8) is 0 Å². The van der Waals surface area contributed by atoms with Gasteiger partial charge in [-0.2, -0.15) is 0 Å². The smallest absolute Gasteiger partial charge is 0.274 e. The molecule has 1 aliphatic rings. The molecular weight excluding hydrogens is 491 g/mol. The monoisotopic (exact) mass is 514 g/mol. The number of nitrogens with one attached hydrogen (secondary N) is 1. The molecular formula is C25H24Cl2N4O2S. The predicted molar refractivity (Wildman–Crippen MR) is 137 cm³/mol. The standard InChI is InChI=1S/C25H24Cl2N4O2S/c1-13-18(27)8-9-19-20(13)30-24(29-19)25(3)11-17(33-4)12-31(25)23(32)21-22(34-14(2)28-21)15-6-5-7-16(26)10-15/h5-10,17H,11-12H2,1-4H3,(H,29,30)/t17-,25+/m1/s1. The van der Waals surface area contributed by atoms with Crippen LogP contribution >= 0.6 is 34.5 Å². The summed E-state index contributed by atoms with van der Waals surface area (Å²) in [6.45, 7) is 6.32. The number of benzene rings is 2. The lowest BCUT2D eigenvalue weighted by Crippen LogP contribution is -2.44. The molecule has 0 bridgehead atoms. The fraction of sp³-hybridized carbons (Fsp3) is 0.320. The summed E-state index contributed by atoms with van der Waals surface area (Å²) in [5.74, 6) is 0.550. The molecule has 5 rings (SSSR count). The fourth-order valence-corrected chi connectivity index (χ4v) is 5.93. The van der Waals surface area contributed by atoms with E-state index in [0.29, 0.717) is 34.5 Å². The average Bonchev–Trinajstić information content (AvgIpc) is 3.51. The second-order valence-electron chi connectivity index (χ2n) is 8.83. The highest BCUT2D eigenvalue weighted by molar-refractivity contribution is 7.15. The summed E-state index contributed by atoms with van der Waals surface area (Å²) in [5.41, 5.74) is 3.18. The summed E-state index contributed by atoms with van der Waals surface area (Å²) in [7, 11) is 1.67. The van der Waals surface area contributed by atoms with Crippen molar-refractivity contribution in [2.45, 2.75) is 38.8 Å². The molecule has 3 heterocycles. The lowest BCUT2D eigenvalue weighted by Gasteiger charge is -2.33. The largest absolute Gasteiger partial charge is 0.380 e. The number of halogens is 2. The molecule has 4 aromatic rings. The number of methoxy groups -OCH3 is 1. The molecule has 2 aromatic carbocycles. The molecule has 2 aromatic heterocycles. The van der Waals surface area contributed by atoms with Crippen molar-refractivity contribution in [3.8, 4) is 10.4 Å². The molecule has 6 nitrogen and oxygen atoms in total. The van der Waals surface area contributed by atoms with Gasteiger partial charge in [-0.15, -0.1) is 11.3 Å². The van der Waals surface area contributed by atoms with E-state index in [1.165, 1.54) is 11.3 Å². The van der Waals surface area contributed by atoms with E-state index in [9.17, 15) is 4.79 Å². The summed E-state index contributed by atoms with van der Waals surface area (Å²) >= 11 is 14.1. The molecule has 0 saturated carbocycles. The molecule has 1 saturated heterocycles. The summed E-state index contributed by atoms with van der Waals surface area (Å²) in [5, 5.41) is 2.09. The van der Waals surface area contributed by atoms with Crippen LogP contribution in [-0.2, 0) is 10.3 Å². The highest BCUT2D eigenvalue weighted by Gasteiger charge is 2.49. The Labute approximate surface area is 211 Å². The molecule has 0 aliphatic carbocycles. The summed E-state index contributed by atoms with van der Waals surface area (Å²) < 4.78 is 5.71. The second kappa shape index (κ2) is 8.64. The number of fused-ring (bicyclic) bond motifs is 1. The first-order chi connectivity index (χ1) is 16.2. The van der Waals surface area contributed by atoms with Crippen LogP contribution in [0.3, 0.4) is 0 Å². The lowest BCUT2D eigenvalue weighted by atomic mass is 9.96. The number of imidazole rings is 1. The second-order valence-corrected chi connectivity index (χ2v) is 10.9. The zero-order chi connectivity index (χ0) is 24.2. The zero-order valence-corrected chi connectivity index (χ0v) is 21.6. The molecule has 1 N–H and O–H groups in total. The van der Waals surface area contributed by atoms with Crippen molar-refractivity contribution in [2.24, 2.45) is 0 Å². The van der Waals surface area contributed by atoms with E-state index in [4.69, 9.17) is 32.9 Å². The molecule has 0 radical (unpaired) electrons. The minimum atomic E-state index is -0.710. The molecule has 0 spiro atoms. The minimum absolute atomic E-state index is 0.124. The van der Waals surface area contributed by atoms with Gasteiger partial charge in [0.05, 0.1) is 27.0 Å². The van der Waals surface area contributed by atoms with Crippen molar-refractivity contribution in [1.82, 2.24) is 19.9 Å². The van der Waals surface area contributed by atoms with Gasteiger partial charge in [-0.1, -0.05) is 35.3 Å². The Hall–Kier alpha value is -2.45. The summed E-state index contributed by atoms with van der Waals surface area (Å²) in [6, 6.07) is 11.3. The Morgan fingerprint density at radius 3 is 2.76 bits per heavy atom. The Kier molecular flexibility index (Phi) is 5.92. The van der Waals surface area contributed by atoms with Gasteiger partial charge in [0.1, 0.15) is 17.1 Å². The molecule has 2 atom stereocenters. The van der Waals surface area contributed by atoms with Crippen molar-refractivity contribution >= 4 is 51.5 Å². The first-order valence-corrected chi connectivity index (χ1v) is 12.5. The Morgan fingerprint density at radius 1 is 1.24 bits per heavy atom. The molecule has 1 fully saturated rings. The maximum Gasteiger partial charge on any atom is 0.274 e. The number of carbonyl (C=O) groups is 1. The van der Waals surface area contributed by atoms with E-state index in [1.54, 1.807) is 7.11 Å².